The Morgan fingerprint density at radius 1 is 1.03 bits per heavy atom. The number of carbonyl (C=O) groups excluding carboxylic acids is 2. The molecule has 0 fully saturated rings. The van der Waals surface area contributed by atoms with Gasteiger partial charge in [0.05, 0.1) is 23.2 Å². The fraction of sp³-hybridized carbons (Fsp3) is 0.0952. The highest BCUT2D eigenvalue weighted by molar-refractivity contribution is 7.99. The number of H-pyrrole nitrogens is 1. The van der Waals surface area contributed by atoms with E-state index in [0.717, 1.165) is 6.92 Å². The van der Waals surface area contributed by atoms with Crippen molar-refractivity contribution < 1.29 is 26.8 Å². The first-order chi connectivity index (χ1) is 15.8. The van der Waals surface area contributed by atoms with Gasteiger partial charge in [-0.2, -0.15) is 0 Å². The van der Waals surface area contributed by atoms with Crippen LogP contribution in [0, 0.1) is 0 Å². The molecule has 170 valence electrons. The van der Waals surface area contributed by atoms with E-state index in [-0.39, 0.29) is 16.6 Å². The molecule has 0 spiro atoms. The molecule has 1 aromatic carbocycles. The zero-order chi connectivity index (χ0) is 23.4. The zero-order valence-corrected chi connectivity index (χ0v) is 18.8. The SMILES string of the molecule is CC(=O)NS(=O)(=O)c1ccc(NC(=O)CSc2nc(-c3ccco3)c(-c3ccco3)[nH]2)cc1. The van der Waals surface area contributed by atoms with Crippen LogP contribution in [0.3, 0.4) is 0 Å². The normalized spacial score (nSPS) is 11.3. The number of anilines is 1. The first kappa shape index (κ1) is 22.4. The number of furan rings is 2. The maximum absolute atomic E-state index is 12.4. The summed E-state index contributed by atoms with van der Waals surface area (Å²) in [5.74, 6) is 0.192. The highest BCUT2D eigenvalue weighted by atomic mass is 32.2. The third-order valence-corrected chi connectivity index (χ3v) is 6.59. The van der Waals surface area contributed by atoms with Gasteiger partial charge in [-0.25, -0.2) is 18.1 Å². The van der Waals surface area contributed by atoms with Crippen molar-refractivity contribution in [3.8, 4) is 22.9 Å². The Kier molecular flexibility index (Phi) is 6.38. The number of amides is 2. The molecule has 0 saturated heterocycles. The van der Waals surface area contributed by atoms with Gasteiger partial charge in [-0.05, 0) is 48.5 Å². The van der Waals surface area contributed by atoms with Crippen LogP contribution < -0.4 is 10.0 Å². The first-order valence-electron chi connectivity index (χ1n) is 9.56. The van der Waals surface area contributed by atoms with Crippen LogP contribution in [0.15, 0.2) is 79.9 Å². The third-order valence-electron chi connectivity index (χ3n) is 4.27. The summed E-state index contributed by atoms with van der Waals surface area (Å²) in [4.78, 5) is 31.0. The maximum atomic E-state index is 12.4. The Bertz CT molecular complexity index is 1310. The minimum Gasteiger partial charge on any atom is -0.463 e. The summed E-state index contributed by atoms with van der Waals surface area (Å²) in [7, 11) is -3.93. The lowest BCUT2D eigenvalue weighted by atomic mass is 10.2. The van der Waals surface area contributed by atoms with E-state index in [2.05, 4.69) is 15.3 Å². The van der Waals surface area contributed by atoms with E-state index in [0.29, 0.717) is 33.8 Å². The first-order valence-corrected chi connectivity index (χ1v) is 12.0. The van der Waals surface area contributed by atoms with Crippen molar-refractivity contribution in [3.05, 3.63) is 61.1 Å². The number of nitrogens with one attached hydrogen (secondary N) is 3. The topological polar surface area (TPSA) is 147 Å². The lowest BCUT2D eigenvalue weighted by Gasteiger charge is -2.07. The number of aromatic amines is 1. The molecule has 0 bridgehead atoms. The van der Waals surface area contributed by atoms with Crippen molar-refractivity contribution in [1.29, 1.82) is 0 Å². The van der Waals surface area contributed by atoms with Crippen molar-refractivity contribution in [1.82, 2.24) is 14.7 Å². The molecule has 0 aliphatic carbocycles. The van der Waals surface area contributed by atoms with Crippen molar-refractivity contribution in [2.24, 2.45) is 0 Å². The molecule has 0 aliphatic rings. The molecule has 0 unspecified atom stereocenters. The van der Waals surface area contributed by atoms with E-state index in [4.69, 9.17) is 8.83 Å². The lowest BCUT2D eigenvalue weighted by molar-refractivity contribution is -0.117. The largest absolute Gasteiger partial charge is 0.463 e. The summed E-state index contributed by atoms with van der Waals surface area (Å²) < 4.78 is 36.8. The predicted molar refractivity (Wildman–Crippen MR) is 121 cm³/mol. The minimum absolute atomic E-state index is 0.0502. The van der Waals surface area contributed by atoms with Gasteiger partial charge in [0.2, 0.25) is 11.8 Å². The number of benzene rings is 1. The van der Waals surface area contributed by atoms with Gasteiger partial charge < -0.3 is 19.1 Å². The van der Waals surface area contributed by atoms with Crippen LogP contribution in [0.2, 0.25) is 0 Å². The fourth-order valence-corrected chi connectivity index (χ4v) is 4.57. The van der Waals surface area contributed by atoms with Gasteiger partial charge in [-0.1, -0.05) is 11.8 Å². The molecular formula is C21H18N4O6S2. The molecule has 3 heterocycles. The highest BCUT2D eigenvalue weighted by Gasteiger charge is 2.19. The molecule has 4 rings (SSSR count). The third kappa shape index (κ3) is 5.35. The Labute approximate surface area is 192 Å². The van der Waals surface area contributed by atoms with Gasteiger partial charge >= 0.3 is 0 Å². The Morgan fingerprint density at radius 2 is 1.70 bits per heavy atom. The Balaban J connectivity index is 1.41. The van der Waals surface area contributed by atoms with Crippen LogP contribution in [-0.4, -0.2) is 36.0 Å². The van der Waals surface area contributed by atoms with E-state index >= 15 is 0 Å². The van der Waals surface area contributed by atoms with Crippen molar-refractivity contribution in [3.63, 3.8) is 0 Å². The molecule has 12 heteroatoms. The van der Waals surface area contributed by atoms with Gasteiger partial charge in [0.1, 0.15) is 11.4 Å². The van der Waals surface area contributed by atoms with E-state index in [1.807, 2.05) is 4.72 Å². The van der Waals surface area contributed by atoms with E-state index in [9.17, 15) is 18.0 Å². The maximum Gasteiger partial charge on any atom is 0.264 e. The highest BCUT2D eigenvalue weighted by Crippen LogP contribution is 2.33. The Morgan fingerprint density at radius 3 is 2.30 bits per heavy atom. The number of aromatic nitrogens is 2. The van der Waals surface area contributed by atoms with Crippen LogP contribution in [0.1, 0.15) is 6.92 Å². The monoisotopic (exact) mass is 486 g/mol. The summed E-state index contributed by atoms with van der Waals surface area (Å²) in [6.07, 6.45) is 3.10. The summed E-state index contributed by atoms with van der Waals surface area (Å²) in [6, 6.07) is 12.6. The minimum atomic E-state index is -3.93. The van der Waals surface area contributed by atoms with Crippen LogP contribution in [-0.2, 0) is 19.6 Å². The molecular weight excluding hydrogens is 468 g/mol. The van der Waals surface area contributed by atoms with Crippen LogP contribution in [0.4, 0.5) is 5.69 Å². The lowest BCUT2D eigenvalue weighted by Crippen LogP contribution is -2.28. The van der Waals surface area contributed by atoms with Crippen LogP contribution in [0.25, 0.3) is 22.9 Å². The average molecular weight is 487 g/mol. The second kappa shape index (κ2) is 9.38. The summed E-state index contributed by atoms with van der Waals surface area (Å²) >= 11 is 1.19. The quantitative estimate of drug-likeness (QED) is 0.321. The molecule has 0 radical (unpaired) electrons. The van der Waals surface area contributed by atoms with Gasteiger partial charge in [0, 0.05) is 12.6 Å². The molecule has 33 heavy (non-hydrogen) atoms. The van der Waals surface area contributed by atoms with Gasteiger partial charge in [-0.3, -0.25) is 9.59 Å². The van der Waals surface area contributed by atoms with E-state index < -0.39 is 15.9 Å². The van der Waals surface area contributed by atoms with Crippen LogP contribution in [0.5, 0.6) is 0 Å². The zero-order valence-electron chi connectivity index (χ0n) is 17.2. The Hall–Kier alpha value is -3.77. The number of nitrogens with zero attached hydrogens (tertiary/aromatic N) is 1. The smallest absolute Gasteiger partial charge is 0.264 e. The van der Waals surface area contributed by atoms with E-state index in [1.54, 1.807) is 36.8 Å². The second-order valence-electron chi connectivity index (χ2n) is 6.74. The van der Waals surface area contributed by atoms with Crippen LogP contribution >= 0.6 is 11.8 Å². The number of thioether (sulfide) groups is 1. The molecule has 3 aromatic heterocycles. The molecule has 0 atom stereocenters. The number of hydrogen-bond donors (Lipinski definition) is 3. The number of hydrogen-bond acceptors (Lipinski definition) is 8. The molecule has 0 aliphatic heterocycles. The summed E-state index contributed by atoms with van der Waals surface area (Å²) in [6.45, 7) is 1.11. The standard InChI is InChI=1S/C21H18N4O6S2/c1-13(26)25-33(28,29)15-8-6-14(7-9-15)22-18(27)12-32-21-23-19(16-4-2-10-30-16)20(24-21)17-5-3-11-31-17/h2-11H,12H2,1H3,(H,22,27)(H,23,24)(H,25,26). The number of rotatable bonds is 8. The fourth-order valence-electron chi connectivity index (χ4n) is 2.91. The van der Waals surface area contributed by atoms with E-state index in [1.165, 1.54) is 36.0 Å². The second-order valence-corrected chi connectivity index (χ2v) is 9.39. The summed E-state index contributed by atoms with van der Waals surface area (Å²) in [5.41, 5.74) is 1.61. The molecule has 10 nitrogen and oxygen atoms in total. The molecule has 3 N–H and O–H groups in total. The summed E-state index contributed by atoms with van der Waals surface area (Å²) in [5, 5.41) is 3.19. The molecule has 4 aromatic rings. The number of sulfonamides is 1. The molecule has 2 amide bonds. The van der Waals surface area contributed by atoms with Crippen molar-refractivity contribution in [2.45, 2.75) is 17.0 Å². The number of carbonyl (C=O) groups is 2. The van der Waals surface area contributed by atoms with Gasteiger partial charge in [0.25, 0.3) is 10.0 Å². The average Bonchev–Trinajstić information content (AvgIpc) is 3.53. The van der Waals surface area contributed by atoms with Crippen molar-refractivity contribution >= 4 is 39.3 Å². The van der Waals surface area contributed by atoms with Gasteiger partial charge in [0.15, 0.2) is 16.7 Å². The molecule has 0 saturated carbocycles. The predicted octanol–water partition coefficient (Wildman–Crippen LogP) is 3.49. The van der Waals surface area contributed by atoms with Gasteiger partial charge in [-0.15, -0.1) is 0 Å². The number of imidazole rings is 1. The van der Waals surface area contributed by atoms with Crippen molar-refractivity contribution in [2.75, 3.05) is 11.1 Å².